The predicted molar refractivity (Wildman–Crippen MR) is 200 cm³/mol. The van der Waals surface area contributed by atoms with E-state index < -0.39 is 0 Å². The summed E-state index contributed by atoms with van der Waals surface area (Å²) in [5, 5.41) is 14.1. The molecule has 9 aromatic rings. The predicted octanol–water partition coefficient (Wildman–Crippen LogP) is 11.6. The van der Waals surface area contributed by atoms with Crippen molar-refractivity contribution in [3.05, 3.63) is 168 Å². The van der Waals surface area contributed by atoms with E-state index in [9.17, 15) is 5.26 Å². The first-order chi connectivity index (χ1) is 24.2. The molecular formula is C44H27N3OS. The SMILES string of the molecule is N#Cc1ccc(Sc2ccc(-n3c4cc5c6ccccc6n(-c6ccccc6)c5cc4c4ccc5c(c43)Cc3ccccc3O5)cc2)cc1. The van der Waals surface area contributed by atoms with Crippen LogP contribution in [0.3, 0.4) is 0 Å². The van der Waals surface area contributed by atoms with Gasteiger partial charge < -0.3 is 13.9 Å². The maximum atomic E-state index is 9.21. The molecule has 230 valence electrons. The van der Waals surface area contributed by atoms with E-state index in [4.69, 9.17) is 4.74 Å². The smallest absolute Gasteiger partial charge is 0.133 e. The number of benzene rings is 7. The number of hydrogen-bond donors (Lipinski definition) is 0. The lowest BCUT2D eigenvalue weighted by Crippen LogP contribution is -2.05. The summed E-state index contributed by atoms with van der Waals surface area (Å²) in [5.74, 6) is 1.84. The number of aromatic nitrogens is 2. The second-order valence-corrected chi connectivity index (χ2v) is 13.6. The van der Waals surface area contributed by atoms with Gasteiger partial charge in [0.1, 0.15) is 11.5 Å². The van der Waals surface area contributed by atoms with Gasteiger partial charge in [-0.1, -0.05) is 66.4 Å². The molecule has 0 N–H and O–H groups in total. The summed E-state index contributed by atoms with van der Waals surface area (Å²) in [7, 11) is 0. The van der Waals surface area contributed by atoms with E-state index in [-0.39, 0.29) is 0 Å². The van der Waals surface area contributed by atoms with E-state index in [1.54, 1.807) is 11.8 Å². The van der Waals surface area contributed by atoms with Crippen LogP contribution >= 0.6 is 11.8 Å². The van der Waals surface area contributed by atoms with Crippen molar-refractivity contribution in [2.45, 2.75) is 16.2 Å². The second kappa shape index (κ2) is 10.9. The Morgan fingerprint density at radius 3 is 1.98 bits per heavy atom. The zero-order valence-electron chi connectivity index (χ0n) is 26.3. The third kappa shape index (κ3) is 4.39. The fraction of sp³-hybridized carbons (Fsp3) is 0.0227. The molecular weight excluding hydrogens is 619 g/mol. The summed E-state index contributed by atoms with van der Waals surface area (Å²) >= 11 is 1.70. The molecule has 0 atom stereocenters. The fourth-order valence-corrected chi connectivity index (χ4v) is 8.28. The topological polar surface area (TPSA) is 42.9 Å². The Labute approximate surface area is 287 Å². The Bertz CT molecular complexity index is 2790. The van der Waals surface area contributed by atoms with Crippen LogP contribution in [0.15, 0.2) is 161 Å². The minimum atomic E-state index is 0.669. The molecule has 0 bridgehead atoms. The zero-order chi connectivity index (χ0) is 32.5. The van der Waals surface area contributed by atoms with Crippen LogP contribution in [0.4, 0.5) is 0 Å². The van der Waals surface area contributed by atoms with Crippen molar-refractivity contribution in [1.82, 2.24) is 9.13 Å². The summed E-state index contributed by atoms with van der Waals surface area (Å²) in [4.78, 5) is 2.24. The molecule has 5 heteroatoms. The summed E-state index contributed by atoms with van der Waals surface area (Å²) < 4.78 is 11.4. The minimum Gasteiger partial charge on any atom is -0.457 e. The van der Waals surface area contributed by atoms with Gasteiger partial charge in [0.2, 0.25) is 0 Å². The Kier molecular flexibility index (Phi) is 6.20. The summed E-state index contributed by atoms with van der Waals surface area (Å²) in [6.07, 6.45) is 0.796. The molecule has 4 nitrogen and oxygen atoms in total. The Hall–Kier alpha value is -6.22. The molecule has 0 saturated heterocycles. The van der Waals surface area contributed by atoms with Gasteiger partial charge >= 0.3 is 0 Å². The molecule has 0 aliphatic carbocycles. The second-order valence-electron chi connectivity index (χ2n) is 12.5. The van der Waals surface area contributed by atoms with Crippen LogP contribution in [0.2, 0.25) is 0 Å². The van der Waals surface area contributed by atoms with Gasteiger partial charge in [-0.05, 0) is 103 Å². The Balaban J connectivity index is 1.23. The van der Waals surface area contributed by atoms with E-state index in [1.807, 2.05) is 30.3 Å². The molecule has 7 aromatic carbocycles. The van der Waals surface area contributed by atoms with E-state index in [0.717, 1.165) is 39.1 Å². The molecule has 0 amide bonds. The van der Waals surface area contributed by atoms with Crippen LogP contribution in [0.1, 0.15) is 16.7 Å². The van der Waals surface area contributed by atoms with Gasteiger partial charge in [0, 0.05) is 54.7 Å². The first kappa shape index (κ1) is 27.9. The van der Waals surface area contributed by atoms with Gasteiger partial charge in [-0.15, -0.1) is 0 Å². The Morgan fingerprint density at radius 2 is 1.18 bits per heavy atom. The fourth-order valence-electron chi connectivity index (χ4n) is 7.46. The first-order valence-electron chi connectivity index (χ1n) is 16.4. The van der Waals surface area contributed by atoms with Gasteiger partial charge in [-0.25, -0.2) is 0 Å². The van der Waals surface area contributed by atoms with Gasteiger partial charge in [-0.2, -0.15) is 5.26 Å². The van der Waals surface area contributed by atoms with E-state index >= 15 is 0 Å². The molecule has 0 unspecified atom stereocenters. The highest BCUT2D eigenvalue weighted by Crippen LogP contribution is 2.46. The Morgan fingerprint density at radius 1 is 0.531 bits per heavy atom. The lowest BCUT2D eigenvalue weighted by molar-refractivity contribution is 0.461. The number of ether oxygens (including phenoxy) is 1. The van der Waals surface area contributed by atoms with Crippen LogP contribution < -0.4 is 4.74 Å². The highest BCUT2D eigenvalue weighted by Gasteiger charge is 2.25. The van der Waals surface area contributed by atoms with Crippen LogP contribution in [0.5, 0.6) is 11.5 Å². The molecule has 10 rings (SSSR count). The molecule has 1 aliphatic rings. The number of fused-ring (bicyclic) bond motifs is 9. The average Bonchev–Trinajstić information content (AvgIpc) is 3.66. The van der Waals surface area contributed by atoms with Crippen LogP contribution in [-0.4, -0.2) is 9.13 Å². The zero-order valence-corrected chi connectivity index (χ0v) is 27.1. The monoisotopic (exact) mass is 645 g/mol. The highest BCUT2D eigenvalue weighted by atomic mass is 32.2. The standard InChI is InChI=1S/C44H27N3OS/c45-27-28-14-18-32(19-15-28)49-33-20-16-31(17-21-33)47-41-25-36-34-11-5-6-12-39(34)46(30-9-2-1-3-10-30)40(36)26-37(41)35-22-23-43-38(44(35)47)24-29-8-4-7-13-42(29)48-43/h1-23,25-26H,24H2. The lowest BCUT2D eigenvalue weighted by Gasteiger charge is -2.22. The number of nitrogens with zero attached hydrogens (tertiary/aromatic N) is 3. The third-order valence-electron chi connectivity index (χ3n) is 9.67. The lowest BCUT2D eigenvalue weighted by atomic mass is 9.97. The maximum absolute atomic E-state index is 9.21. The minimum absolute atomic E-state index is 0.669. The van der Waals surface area contributed by atoms with Crippen molar-refractivity contribution in [2.75, 3.05) is 0 Å². The number of rotatable bonds is 4. The van der Waals surface area contributed by atoms with Crippen LogP contribution in [0.25, 0.3) is 55.0 Å². The van der Waals surface area contributed by atoms with Crippen molar-refractivity contribution in [1.29, 1.82) is 5.26 Å². The summed E-state index contributed by atoms with van der Waals surface area (Å²) in [5.41, 5.74) is 10.0. The van der Waals surface area contributed by atoms with Crippen molar-refractivity contribution < 1.29 is 4.74 Å². The summed E-state index contributed by atoms with van der Waals surface area (Å²) in [6.45, 7) is 0. The normalized spacial score (nSPS) is 12.2. The number of hydrogen-bond acceptors (Lipinski definition) is 3. The quantitative estimate of drug-likeness (QED) is 0.191. The van der Waals surface area contributed by atoms with Crippen molar-refractivity contribution in [3.63, 3.8) is 0 Å². The highest BCUT2D eigenvalue weighted by molar-refractivity contribution is 7.99. The van der Waals surface area contributed by atoms with Crippen molar-refractivity contribution >= 4 is 55.4 Å². The molecule has 49 heavy (non-hydrogen) atoms. The molecule has 0 spiro atoms. The molecule has 2 aromatic heterocycles. The molecule has 0 saturated carbocycles. The van der Waals surface area contributed by atoms with Gasteiger partial charge in [0.05, 0.1) is 33.7 Å². The molecule has 0 fully saturated rings. The van der Waals surface area contributed by atoms with E-state index in [2.05, 4.69) is 137 Å². The molecule has 3 heterocycles. The first-order valence-corrected chi connectivity index (χ1v) is 17.2. The average molecular weight is 646 g/mol. The van der Waals surface area contributed by atoms with Gasteiger partial charge in [0.15, 0.2) is 0 Å². The largest absolute Gasteiger partial charge is 0.457 e. The summed E-state index contributed by atoms with van der Waals surface area (Å²) in [6, 6.07) is 55.6. The van der Waals surface area contributed by atoms with Crippen LogP contribution in [-0.2, 0) is 6.42 Å². The van der Waals surface area contributed by atoms with Crippen molar-refractivity contribution in [2.24, 2.45) is 0 Å². The van der Waals surface area contributed by atoms with Gasteiger partial charge in [0.25, 0.3) is 0 Å². The van der Waals surface area contributed by atoms with E-state index in [1.165, 1.54) is 54.7 Å². The number of para-hydroxylation sites is 3. The maximum Gasteiger partial charge on any atom is 0.133 e. The molecule has 1 aliphatic heterocycles. The molecule has 0 radical (unpaired) electrons. The number of nitriles is 1. The third-order valence-corrected chi connectivity index (χ3v) is 10.7. The van der Waals surface area contributed by atoms with Gasteiger partial charge in [-0.3, -0.25) is 0 Å². The van der Waals surface area contributed by atoms with Crippen LogP contribution in [0, 0.1) is 11.3 Å². The van der Waals surface area contributed by atoms with E-state index in [0.29, 0.717) is 5.56 Å². The van der Waals surface area contributed by atoms with Crippen molar-refractivity contribution in [3.8, 4) is 28.9 Å².